The topological polar surface area (TPSA) is 82.5 Å². The Morgan fingerprint density at radius 1 is 0.900 bits per heavy atom. The number of alkyl halides is 9. The molecule has 0 unspecified atom stereocenters. The van der Waals surface area contributed by atoms with Crippen LogP contribution in [0.4, 0.5) is 32.2 Å². The van der Waals surface area contributed by atoms with Gasteiger partial charge < -0.3 is 5.73 Å². The van der Waals surface area contributed by atoms with Crippen molar-refractivity contribution in [1.82, 2.24) is 24.7 Å². The van der Waals surface area contributed by atoms with Crippen molar-refractivity contribution in [1.29, 1.82) is 0 Å². The summed E-state index contributed by atoms with van der Waals surface area (Å²) in [6.45, 7) is 0. The zero-order valence-electron chi connectivity index (χ0n) is 13.5. The van der Waals surface area contributed by atoms with E-state index in [1.807, 2.05) is 0 Å². The molecule has 0 aliphatic carbocycles. The molecule has 3 aromatic rings. The van der Waals surface area contributed by atoms with E-state index in [9.17, 15) is 26.3 Å². The molecule has 162 valence electrons. The van der Waals surface area contributed by atoms with E-state index in [1.54, 1.807) is 0 Å². The molecule has 0 spiro atoms. The molecule has 0 saturated carbocycles. The number of anilines is 1. The Morgan fingerprint density at radius 2 is 1.50 bits per heavy atom. The summed E-state index contributed by atoms with van der Waals surface area (Å²) in [7, 11) is 0. The molecule has 0 fully saturated rings. The summed E-state index contributed by atoms with van der Waals surface area (Å²) in [6, 6.07) is 0. The van der Waals surface area contributed by atoms with Crippen LogP contribution < -0.4 is 5.73 Å². The number of fused-ring (bicyclic) bond motifs is 1. The summed E-state index contributed by atoms with van der Waals surface area (Å²) in [6.07, 6.45) is -9.68. The first kappa shape index (κ1) is 23.2. The number of hydrogen-bond donors (Lipinski definition) is 1. The third-order valence-corrected chi connectivity index (χ3v) is 4.69. The molecule has 0 radical (unpaired) electrons. The molecule has 3 aromatic heterocycles. The molecule has 3 heterocycles. The first-order chi connectivity index (χ1) is 13.5. The Kier molecular flexibility index (Phi) is 5.64. The van der Waals surface area contributed by atoms with Gasteiger partial charge in [-0.15, -0.1) is 5.10 Å². The number of nitrogens with two attached hydrogens (primary N) is 1. The first-order valence-corrected chi connectivity index (χ1v) is 9.04. The second-order valence-corrected chi connectivity index (χ2v) is 8.57. The van der Waals surface area contributed by atoms with Crippen LogP contribution in [-0.2, 0) is 16.1 Å². The first-order valence-electron chi connectivity index (χ1n) is 7.15. The van der Waals surface area contributed by atoms with Gasteiger partial charge in [-0.3, -0.25) is 4.98 Å². The number of nitrogen functional groups attached to an aromatic ring is 1. The van der Waals surface area contributed by atoms with Crippen LogP contribution in [0.3, 0.4) is 0 Å². The highest BCUT2D eigenvalue weighted by atomic mass is 35.6. The molecule has 0 aliphatic rings. The standard InChI is InChI=1S/C13H3Cl5F6N6/c14-2-1-26-7(11(16,17)18)4(15)5(2)30-8(25)3-6(12(19,20)21)27-10(13(22,23)24)28-9(3)29-30/h1H,25H2. The molecule has 0 amide bonds. The summed E-state index contributed by atoms with van der Waals surface area (Å²) in [5.74, 6) is -2.88. The van der Waals surface area contributed by atoms with Gasteiger partial charge in [0.15, 0.2) is 11.3 Å². The summed E-state index contributed by atoms with van der Waals surface area (Å²) >= 11 is 29.3. The van der Waals surface area contributed by atoms with Gasteiger partial charge in [0.05, 0.1) is 15.4 Å². The molecule has 0 atom stereocenters. The zero-order valence-corrected chi connectivity index (χ0v) is 17.3. The maximum Gasteiger partial charge on any atom is 0.451 e. The fourth-order valence-electron chi connectivity index (χ4n) is 2.36. The van der Waals surface area contributed by atoms with Gasteiger partial charge in [-0.25, -0.2) is 14.6 Å². The van der Waals surface area contributed by atoms with Crippen molar-refractivity contribution in [2.75, 3.05) is 5.73 Å². The Labute approximate surface area is 186 Å². The molecule has 0 aromatic carbocycles. The van der Waals surface area contributed by atoms with Gasteiger partial charge in [0.1, 0.15) is 17.2 Å². The predicted molar refractivity (Wildman–Crippen MR) is 98.1 cm³/mol. The van der Waals surface area contributed by atoms with E-state index < -0.39 is 55.2 Å². The second-order valence-electron chi connectivity index (χ2n) is 5.50. The fraction of sp³-hybridized carbons (Fsp3) is 0.231. The SMILES string of the molecule is Nc1c2c(C(F)(F)F)nc(C(F)(F)F)nc2nn1-c1c(Cl)cnc(C(Cl)(Cl)Cl)c1Cl. The van der Waals surface area contributed by atoms with Gasteiger partial charge in [0.25, 0.3) is 0 Å². The van der Waals surface area contributed by atoms with Crippen molar-refractivity contribution < 1.29 is 26.3 Å². The van der Waals surface area contributed by atoms with Gasteiger partial charge >= 0.3 is 12.4 Å². The Morgan fingerprint density at radius 3 is 2.00 bits per heavy atom. The van der Waals surface area contributed by atoms with Crippen molar-refractivity contribution >= 4 is 74.9 Å². The highest BCUT2D eigenvalue weighted by molar-refractivity contribution is 6.67. The lowest BCUT2D eigenvalue weighted by Crippen LogP contribution is -2.17. The average Bonchev–Trinajstić information content (AvgIpc) is 2.88. The van der Waals surface area contributed by atoms with Crippen molar-refractivity contribution in [3.63, 3.8) is 0 Å². The van der Waals surface area contributed by atoms with Crippen molar-refractivity contribution in [2.24, 2.45) is 0 Å². The molecule has 0 bridgehead atoms. The van der Waals surface area contributed by atoms with Crippen LogP contribution in [-0.4, -0.2) is 24.7 Å². The summed E-state index contributed by atoms with van der Waals surface area (Å²) in [4.78, 5) is 9.33. The third kappa shape index (κ3) is 4.03. The van der Waals surface area contributed by atoms with Crippen LogP contribution in [0, 0.1) is 0 Å². The molecule has 6 nitrogen and oxygen atoms in total. The highest BCUT2D eigenvalue weighted by Crippen LogP contribution is 2.45. The number of pyridine rings is 1. The van der Waals surface area contributed by atoms with Crippen molar-refractivity contribution in [3.05, 3.63) is 33.5 Å². The lowest BCUT2D eigenvalue weighted by atomic mass is 10.2. The number of halogens is 11. The van der Waals surface area contributed by atoms with Crippen LogP contribution in [0.2, 0.25) is 10.0 Å². The Hall–Kier alpha value is -1.47. The van der Waals surface area contributed by atoms with Gasteiger partial charge in [-0.2, -0.15) is 26.3 Å². The normalized spacial score (nSPS) is 13.3. The number of aromatic nitrogens is 5. The van der Waals surface area contributed by atoms with Crippen molar-refractivity contribution in [3.8, 4) is 5.69 Å². The van der Waals surface area contributed by atoms with Crippen LogP contribution in [0.25, 0.3) is 16.7 Å². The molecule has 2 N–H and O–H groups in total. The molecular formula is C13H3Cl5F6N6. The van der Waals surface area contributed by atoms with Crippen LogP contribution in [0.1, 0.15) is 17.2 Å². The number of rotatable bonds is 1. The summed E-state index contributed by atoms with van der Waals surface area (Å²) in [5.41, 5.74) is 1.98. The van der Waals surface area contributed by atoms with Gasteiger partial charge in [-0.05, 0) is 0 Å². The fourth-order valence-corrected chi connectivity index (χ4v) is 3.58. The van der Waals surface area contributed by atoms with Crippen LogP contribution in [0.15, 0.2) is 6.20 Å². The Balaban J connectivity index is 2.43. The Bertz CT molecular complexity index is 1150. The number of nitrogens with zero attached hydrogens (tertiary/aromatic N) is 5. The lowest BCUT2D eigenvalue weighted by molar-refractivity contribution is -0.151. The molecule has 3 rings (SSSR count). The third-order valence-electron chi connectivity index (χ3n) is 3.52. The second kappa shape index (κ2) is 7.30. The zero-order chi connectivity index (χ0) is 22.8. The van der Waals surface area contributed by atoms with E-state index >= 15 is 0 Å². The van der Waals surface area contributed by atoms with E-state index in [0.717, 1.165) is 6.20 Å². The molecule has 0 saturated heterocycles. The van der Waals surface area contributed by atoms with Crippen molar-refractivity contribution in [2.45, 2.75) is 16.1 Å². The van der Waals surface area contributed by atoms with E-state index in [0.29, 0.717) is 4.68 Å². The smallest absolute Gasteiger partial charge is 0.383 e. The van der Waals surface area contributed by atoms with Gasteiger partial charge in [0, 0.05) is 6.20 Å². The van der Waals surface area contributed by atoms with Gasteiger partial charge in [-0.1, -0.05) is 58.0 Å². The number of hydrogen-bond acceptors (Lipinski definition) is 5. The molecular weight excluding hydrogens is 531 g/mol. The summed E-state index contributed by atoms with van der Waals surface area (Å²) in [5, 5.41) is 1.80. The largest absolute Gasteiger partial charge is 0.451 e. The maximum absolute atomic E-state index is 13.4. The van der Waals surface area contributed by atoms with E-state index in [-0.39, 0.29) is 10.7 Å². The van der Waals surface area contributed by atoms with E-state index in [2.05, 4.69) is 20.1 Å². The molecule has 30 heavy (non-hydrogen) atoms. The molecule has 17 heteroatoms. The van der Waals surface area contributed by atoms with Crippen LogP contribution in [0.5, 0.6) is 0 Å². The highest BCUT2D eigenvalue weighted by Gasteiger charge is 2.43. The minimum atomic E-state index is -5.32. The lowest BCUT2D eigenvalue weighted by Gasteiger charge is -2.16. The average molecular weight is 534 g/mol. The maximum atomic E-state index is 13.4. The van der Waals surface area contributed by atoms with Gasteiger partial charge in [0.2, 0.25) is 9.62 Å². The van der Waals surface area contributed by atoms with Crippen LogP contribution >= 0.6 is 58.0 Å². The van der Waals surface area contributed by atoms with E-state index in [4.69, 9.17) is 63.7 Å². The summed E-state index contributed by atoms with van der Waals surface area (Å²) < 4.78 is 77.4. The predicted octanol–water partition coefficient (Wildman–Crippen LogP) is 5.96. The monoisotopic (exact) mass is 532 g/mol. The minimum absolute atomic E-state index is 0.310. The molecule has 0 aliphatic heterocycles. The minimum Gasteiger partial charge on any atom is -0.383 e. The van der Waals surface area contributed by atoms with E-state index in [1.165, 1.54) is 0 Å². The quantitative estimate of drug-likeness (QED) is 0.308.